The van der Waals surface area contributed by atoms with E-state index >= 15 is 0 Å². The van der Waals surface area contributed by atoms with Crippen LogP contribution in [0.15, 0.2) is 23.1 Å². The van der Waals surface area contributed by atoms with Crippen molar-refractivity contribution in [3.63, 3.8) is 0 Å². The van der Waals surface area contributed by atoms with Gasteiger partial charge in [0.1, 0.15) is 0 Å². The van der Waals surface area contributed by atoms with Crippen LogP contribution in [0.25, 0.3) is 0 Å². The predicted molar refractivity (Wildman–Crippen MR) is 55.7 cm³/mol. The van der Waals surface area contributed by atoms with E-state index in [4.69, 9.17) is 0 Å². The van der Waals surface area contributed by atoms with Crippen molar-refractivity contribution in [1.82, 2.24) is 0 Å². The van der Waals surface area contributed by atoms with Gasteiger partial charge < -0.3 is 0 Å². The molecule has 0 aliphatic carbocycles. The molecule has 0 N–H and O–H groups in total. The molecule has 1 aromatic carbocycles. The van der Waals surface area contributed by atoms with E-state index in [-0.39, 0.29) is 0 Å². The summed E-state index contributed by atoms with van der Waals surface area (Å²) in [6.07, 6.45) is 2.11. The minimum atomic E-state index is 1.34. The minimum Gasteiger partial charge on any atom is -0.128 e. The number of aryl methyl sites for hydroxylation is 1. The molecule has 2 heteroatoms. The molecule has 0 radical (unpaired) electrons. The highest BCUT2D eigenvalue weighted by Gasteiger charge is 1.95. The minimum absolute atomic E-state index is 1.34. The zero-order valence-electron chi connectivity index (χ0n) is 6.02. The largest absolute Gasteiger partial charge is 0.128 e. The van der Waals surface area contributed by atoms with E-state index in [2.05, 4.69) is 54.0 Å². The Morgan fingerprint density at radius 1 is 1.40 bits per heavy atom. The standard InChI is InChI=1S/C8H9IS/c1-6-3-4-7(9)8(5-6)10-2/h3-5H,1-2H3. The Hall–Kier alpha value is 0.300. The van der Waals surface area contributed by atoms with E-state index in [0.29, 0.717) is 0 Å². The van der Waals surface area contributed by atoms with Crippen LogP contribution in [0, 0.1) is 10.5 Å². The maximum Gasteiger partial charge on any atom is 0.0266 e. The molecular formula is C8H9IS. The first-order valence-electron chi connectivity index (χ1n) is 3.04. The smallest absolute Gasteiger partial charge is 0.0266 e. The van der Waals surface area contributed by atoms with Gasteiger partial charge in [-0.05, 0) is 53.5 Å². The maximum atomic E-state index is 2.36. The monoisotopic (exact) mass is 264 g/mol. The molecule has 0 heterocycles. The molecule has 0 nitrogen and oxygen atoms in total. The van der Waals surface area contributed by atoms with Crippen molar-refractivity contribution in [3.05, 3.63) is 27.3 Å². The number of hydrogen-bond acceptors (Lipinski definition) is 1. The van der Waals surface area contributed by atoms with Crippen molar-refractivity contribution in [1.29, 1.82) is 0 Å². The molecule has 0 atom stereocenters. The summed E-state index contributed by atoms with van der Waals surface area (Å²) < 4.78 is 1.34. The third kappa shape index (κ3) is 1.89. The van der Waals surface area contributed by atoms with E-state index in [1.807, 2.05) is 0 Å². The zero-order valence-corrected chi connectivity index (χ0v) is 8.99. The maximum absolute atomic E-state index is 2.36. The van der Waals surface area contributed by atoms with E-state index in [1.165, 1.54) is 14.0 Å². The molecule has 1 aromatic rings. The van der Waals surface area contributed by atoms with Gasteiger partial charge in [0.15, 0.2) is 0 Å². The molecule has 0 aliphatic rings. The van der Waals surface area contributed by atoms with Crippen LogP contribution in [-0.4, -0.2) is 6.26 Å². The molecule has 0 amide bonds. The third-order valence-electron chi connectivity index (χ3n) is 1.31. The van der Waals surface area contributed by atoms with Crippen LogP contribution in [0.4, 0.5) is 0 Å². The van der Waals surface area contributed by atoms with Crippen LogP contribution in [0.5, 0.6) is 0 Å². The van der Waals surface area contributed by atoms with Gasteiger partial charge in [0.25, 0.3) is 0 Å². The van der Waals surface area contributed by atoms with Crippen LogP contribution in [0.2, 0.25) is 0 Å². The van der Waals surface area contributed by atoms with Crippen molar-refractivity contribution < 1.29 is 0 Å². The fraction of sp³-hybridized carbons (Fsp3) is 0.250. The molecule has 0 bridgehead atoms. The van der Waals surface area contributed by atoms with Crippen LogP contribution in [0.3, 0.4) is 0 Å². The number of benzene rings is 1. The highest BCUT2D eigenvalue weighted by Crippen LogP contribution is 2.22. The lowest BCUT2D eigenvalue weighted by Crippen LogP contribution is -1.78. The van der Waals surface area contributed by atoms with Gasteiger partial charge in [-0.3, -0.25) is 0 Å². The quantitative estimate of drug-likeness (QED) is 0.554. The van der Waals surface area contributed by atoms with Gasteiger partial charge in [0.05, 0.1) is 0 Å². The lowest BCUT2D eigenvalue weighted by molar-refractivity contribution is 1.33. The number of rotatable bonds is 1. The Morgan fingerprint density at radius 2 is 2.10 bits per heavy atom. The summed E-state index contributed by atoms with van der Waals surface area (Å²) >= 11 is 4.16. The molecule has 0 unspecified atom stereocenters. The molecule has 0 saturated carbocycles. The SMILES string of the molecule is CSc1cc(C)ccc1I. The second-order valence-electron chi connectivity index (χ2n) is 2.14. The van der Waals surface area contributed by atoms with Gasteiger partial charge >= 0.3 is 0 Å². The number of halogens is 1. The fourth-order valence-electron chi connectivity index (χ4n) is 0.767. The molecule has 0 aromatic heterocycles. The Bertz CT molecular complexity index is 233. The summed E-state index contributed by atoms with van der Waals surface area (Å²) in [5, 5.41) is 0. The van der Waals surface area contributed by atoms with Crippen molar-refractivity contribution in [2.24, 2.45) is 0 Å². The van der Waals surface area contributed by atoms with Crippen LogP contribution in [-0.2, 0) is 0 Å². The number of hydrogen-bond donors (Lipinski definition) is 0. The van der Waals surface area contributed by atoms with Gasteiger partial charge in [-0.2, -0.15) is 0 Å². The van der Waals surface area contributed by atoms with Crippen molar-refractivity contribution in [3.8, 4) is 0 Å². The molecule has 0 fully saturated rings. The second-order valence-corrected chi connectivity index (χ2v) is 4.15. The lowest BCUT2D eigenvalue weighted by atomic mass is 10.2. The van der Waals surface area contributed by atoms with Crippen molar-refractivity contribution >= 4 is 34.4 Å². The molecule has 54 valence electrons. The molecule has 1 rings (SSSR count). The van der Waals surface area contributed by atoms with Crippen LogP contribution in [0.1, 0.15) is 5.56 Å². The van der Waals surface area contributed by atoms with Crippen molar-refractivity contribution in [2.45, 2.75) is 11.8 Å². The Morgan fingerprint density at radius 3 is 2.60 bits per heavy atom. The zero-order chi connectivity index (χ0) is 7.56. The average Bonchev–Trinajstić information content (AvgIpc) is 1.94. The number of thioether (sulfide) groups is 1. The summed E-state index contributed by atoms with van der Waals surface area (Å²) in [5.41, 5.74) is 1.34. The first kappa shape index (κ1) is 8.40. The first-order chi connectivity index (χ1) is 4.74. The van der Waals surface area contributed by atoms with E-state index in [0.717, 1.165) is 0 Å². The fourth-order valence-corrected chi connectivity index (χ4v) is 2.33. The Balaban J connectivity index is 3.09. The molecule has 0 saturated heterocycles. The van der Waals surface area contributed by atoms with Gasteiger partial charge in [0.2, 0.25) is 0 Å². The summed E-state index contributed by atoms with van der Waals surface area (Å²) in [5.74, 6) is 0. The third-order valence-corrected chi connectivity index (χ3v) is 3.39. The molecule has 0 spiro atoms. The summed E-state index contributed by atoms with van der Waals surface area (Å²) in [6, 6.07) is 6.51. The summed E-state index contributed by atoms with van der Waals surface area (Å²) in [7, 11) is 0. The Kier molecular flexibility index (Phi) is 3.04. The normalized spacial score (nSPS) is 9.90. The van der Waals surface area contributed by atoms with Crippen LogP contribution < -0.4 is 0 Å². The van der Waals surface area contributed by atoms with Gasteiger partial charge in [0, 0.05) is 8.47 Å². The average molecular weight is 264 g/mol. The lowest BCUT2D eigenvalue weighted by Gasteiger charge is -2.00. The van der Waals surface area contributed by atoms with E-state index in [9.17, 15) is 0 Å². The highest BCUT2D eigenvalue weighted by molar-refractivity contribution is 14.1. The topological polar surface area (TPSA) is 0 Å². The van der Waals surface area contributed by atoms with E-state index < -0.39 is 0 Å². The highest BCUT2D eigenvalue weighted by atomic mass is 127. The van der Waals surface area contributed by atoms with E-state index in [1.54, 1.807) is 11.8 Å². The molecule has 10 heavy (non-hydrogen) atoms. The summed E-state index contributed by atoms with van der Waals surface area (Å²) in [6.45, 7) is 2.12. The first-order valence-corrected chi connectivity index (χ1v) is 5.34. The van der Waals surface area contributed by atoms with Crippen molar-refractivity contribution in [2.75, 3.05) is 6.26 Å². The molecular weight excluding hydrogens is 255 g/mol. The Labute approximate surface area is 79.5 Å². The van der Waals surface area contributed by atoms with Gasteiger partial charge in [-0.15, -0.1) is 11.8 Å². The molecule has 0 aliphatic heterocycles. The predicted octanol–water partition coefficient (Wildman–Crippen LogP) is 3.32. The van der Waals surface area contributed by atoms with Gasteiger partial charge in [-0.1, -0.05) is 6.07 Å². The van der Waals surface area contributed by atoms with Gasteiger partial charge in [-0.25, -0.2) is 0 Å². The summed E-state index contributed by atoms with van der Waals surface area (Å²) in [4.78, 5) is 1.38. The second kappa shape index (κ2) is 3.62. The van der Waals surface area contributed by atoms with Crippen LogP contribution >= 0.6 is 34.4 Å².